The number of amides is 1. The second-order valence-electron chi connectivity index (χ2n) is 3.09. The fourth-order valence-electron chi connectivity index (χ4n) is 1.32. The van der Waals surface area contributed by atoms with Crippen molar-refractivity contribution >= 4 is 6.09 Å². The minimum atomic E-state index is -1.39. The van der Waals surface area contributed by atoms with Gasteiger partial charge in [0.05, 0.1) is 6.54 Å². The van der Waals surface area contributed by atoms with Gasteiger partial charge in [0.15, 0.2) is 0 Å². The molecule has 4 nitrogen and oxygen atoms in total. The number of nitrogens with one attached hydrogen (secondary N) is 2. The van der Waals surface area contributed by atoms with Gasteiger partial charge in [0.25, 0.3) is 0 Å². The molecule has 1 amide bonds. The van der Waals surface area contributed by atoms with Crippen LogP contribution < -0.4 is 10.6 Å². The lowest BCUT2D eigenvalue weighted by Gasteiger charge is -2.29. The van der Waals surface area contributed by atoms with Crippen molar-refractivity contribution in [3.8, 4) is 0 Å². The van der Waals surface area contributed by atoms with Crippen LogP contribution in [0.5, 0.6) is 0 Å². The van der Waals surface area contributed by atoms with Gasteiger partial charge in [0, 0.05) is 6.54 Å². The first kappa shape index (κ1) is 9.25. The average Bonchev–Trinajstić information content (AvgIpc) is 2.03. The van der Waals surface area contributed by atoms with Crippen molar-refractivity contribution in [2.24, 2.45) is 0 Å². The maximum absolute atomic E-state index is 13.5. The lowest BCUT2D eigenvalue weighted by atomic mass is 9.96. The number of hydrogen-bond acceptors (Lipinski definition) is 2. The summed E-state index contributed by atoms with van der Waals surface area (Å²) < 4.78 is 13.5. The molecule has 0 spiro atoms. The van der Waals surface area contributed by atoms with Crippen LogP contribution in [0.2, 0.25) is 0 Å². The number of carboxylic acid groups (broad SMARTS) is 1. The molecule has 0 radical (unpaired) electrons. The molecule has 1 aliphatic heterocycles. The minimum Gasteiger partial charge on any atom is -0.465 e. The largest absolute Gasteiger partial charge is 0.465 e. The Labute approximate surface area is 70.1 Å². The van der Waals surface area contributed by atoms with E-state index in [2.05, 4.69) is 10.6 Å². The SMILES string of the molecule is O=C(O)NCC1(F)CCCNC1. The lowest BCUT2D eigenvalue weighted by molar-refractivity contribution is 0.116. The van der Waals surface area contributed by atoms with Crippen LogP contribution >= 0.6 is 0 Å². The molecule has 1 fully saturated rings. The van der Waals surface area contributed by atoms with Crippen molar-refractivity contribution in [3.63, 3.8) is 0 Å². The third-order valence-electron chi connectivity index (χ3n) is 1.98. The highest BCUT2D eigenvalue weighted by Crippen LogP contribution is 2.19. The number of carbonyl (C=O) groups is 1. The van der Waals surface area contributed by atoms with Crippen molar-refractivity contribution in [2.45, 2.75) is 18.5 Å². The molecule has 1 heterocycles. The molecule has 0 aromatic rings. The predicted octanol–water partition coefficient (Wildman–Crippen LogP) is 0.346. The highest BCUT2D eigenvalue weighted by atomic mass is 19.1. The number of halogens is 1. The Morgan fingerprint density at radius 3 is 3.00 bits per heavy atom. The van der Waals surface area contributed by atoms with Gasteiger partial charge < -0.3 is 15.7 Å². The monoisotopic (exact) mass is 176 g/mol. The van der Waals surface area contributed by atoms with Crippen LogP contribution in [0, 0.1) is 0 Å². The van der Waals surface area contributed by atoms with Crippen LogP contribution in [0.25, 0.3) is 0 Å². The standard InChI is InChI=1S/C7H13FN2O2/c8-7(5-10-6(11)12)2-1-3-9-4-7/h9-10H,1-5H2,(H,11,12). The number of alkyl halides is 1. The topological polar surface area (TPSA) is 61.4 Å². The van der Waals surface area contributed by atoms with Gasteiger partial charge in [-0.25, -0.2) is 9.18 Å². The third-order valence-corrected chi connectivity index (χ3v) is 1.98. The van der Waals surface area contributed by atoms with Crippen LogP contribution in [-0.4, -0.2) is 36.5 Å². The molecule has 3 N–H and O–H groups in total. The molecule has 1 aliphatic rings. The number of piperidine rings is 1. The van der Waals surface area contributed by atoms with Gasteiger partial charge >= 0.3 is 6.09 Å². The van der Waals surface area contributed by atoms with Gasteiger partial charge in [-0.15, -0.1) is 0 Å². The predicted molar refractivity (Wildman–Crippen MR) is 42.0 cm³/mol. The maximum Gasteiger partial charge on any atom is 0.404 e. The number of hydrogen-bond donors (Lipinski definition) is 3. The van der Waals surface area contributed by atoms with Gasteiger partial charge in [0.1, 0.15) is 5.67 Å². The summed E-state index contributed by atoms with van der Waals surface area (Å²) in [5.41, 5.74) is -1.39. The van der Waals surface area contributed by atoms with Crippen molar-refractivity contribution in [1.29, 1.82) is 0 Å². The van der Waals surface area contributed by atoms with Crippen LogP contribution in [0.3, 0.4) is 0 Å². The Bertz CT molecular complexity index is 169. The summed E-state index contributed by atoms with van der Waals surface area (Å²) in [6.07, 6.45) is 0.0236. The van der Waals surface area contributed by atoms with E-state index in [4.69, 9.17) is 5.11 Å². The molecule has 1 atom stereocenters. The van der Waals surface area contributed by atoms with Crippen molar-refractivity contribution < 1.29 is 14.3 Å². The zero-order chi connectivity index (χ0) is 9.03. The van der Waals surface area contributed by atoms with Crippen LogP contribution in [0.15, 0.2) is 0 Å². The summed E-state index contributed by atoms with van der Waals surface area (Å²) >= 11 is 0. The van der Waals surface area contributed by atoms with E-state index in [0.29, 0.717) is 6.42 Å². The molecule has 0 aromatic carbocycles. The van der Waals surface area contributed by atoms with E-state index in [-0.39, 0.29) is 13.1 Å². The molecule has 0 aliphatic carbocycles. The summed E-state index contributed by atoms with van der Waals surface area (Å²) in [7, 11) is 0. The zero-order valence-corrected chi connectivity index (χ0v) is 6.77. The molecule has 1 rings (SSSR count). The normalized spacial score (nSPS) is 29.8. The number of rotatable bonds is 2. The van der Waals surface area contributed by atoms with Crippen molar-refractivity contribution in [3.05, 3.63) is 0 Å². The zero-order valence-electron chi connectivity index (χ0n) is 6.77. The van der Waals surface area contributed by atoms with E-state index in [1.54, 1.807) is 0 Å². The minimum absolute atomic E-state index is 0.116. The highest BCUT2D eigenvalue weighted by Gasteiger charge is 2.31. The summed E-state index contributed by atoms with van der Waals surface area (Å²) in [6.45, 7) is 0.946. The molecular formula is C7H13FN2O2. The van der Waals surface area contributed by atoms with Crippen LogP contribution in [0.1, 0.15) is 12.8 Å². The van der Waals surface area contributed by atoms with Gasteiger partial charge in [-0.1, -0.05) is 0 Å². The van der Waals surface area contributed by atoms with Crippen molar-refractivity contribution in [1.82, 2.24) is 10.6 Å². The summed E-state index contributed by atoms with van der Waals surface area (Å²) in [5, 5.41) is 13.2. The average molecular weight is 176 g/mol. The third kappa shape index (κ3) is 2.65. The molecule has 1 unspecified atom stereocenters. The first-order valence-corrected chi connectivity index (χ1v) is 3.99. The van der Waals surface area contributed by atoms with Gasteiger partial charge in [0.2, 0.25) is 0 Å². The van der Waals surface area contributed by atoms with Crippen molar-refractivity contribution in [2.75, 3.05) is 19.6 Å². The van der Waals surface area contributed by atoms with Crippen LogP contribution in [-0.2, 0) is 0 Å². The molecule has 12 heavy (non-hydrogen) atoms. The molecule has 70 valence electrons. The fourth-order valence-corrected chi connectivity index (χ4v) is 1.32. The molecule has 0 bridgehead atoms. The van der Waals surface area contributed by atoms with Gasteiger partial charge in [-0.05, 0) is 19.4 Å². The maximum atomic E-state index is 13.5. The quantitative estimate of drug-likeness (QED) is 0.568. The molecule has 0 saturated carbocycles. The second-order valence-corrected chi connectivity index (χ2v) is 3.09. The first-order chi connectivity index (χ1) is 5.62. The lowest BCUT2D eigenvalue weighted by Crippen LogP contribution is -2.49. The van der Waals surface area contributed by atoms with E-state index in [1.165, 1.54) is 0 Å². The van der Waals surface area contributed by atoms with E-state index in [9.17, 15) is 9.18 Å². The molecule has 0 aromatic heterocycles. The molecular weight excluding hydrogens is 163 g/mol. The van der Waals surface area contributed by atoms with Crippen LogP contribution in [0.4, 0.5) is 9.18 Å². The molecule has 1 saturated heterocycles. The van der Waals surface area contributed by atoms with E-state index in [0.717, 1.165) is 13.0 Å². The summed E-state index contributed by atoms with van der Waals surface area (Å²) in [6, 6.07) is 0. The highest BCUT2D eigenvalue weighted by molar-refractivity contribution is 5.64. The second kappa shape index (κ2) is 3.71. The fraction of sp³-hybridized carbons (Fsp3) is 0.857. The smallest absolute Gasteiger partial charge is 0.404 e. The Hall–Kier alpha value is -0.840. The van der Waals surface area contributed by atoms with E-state index in [1.807, 2.05) is 0 Å². The Kier molecular flexibility index (Phi) is 2.86. The van der Waals surface area contributed by atoms with E-state index < -0.39 is 11.8 Å². The van der Waals surface area contributed by atoms with Gasteiger partial charge in [-0.2, -0.15) is 0 Å². The molecule has 5 heteroatoms. The van der Waals surface area contributed by atoms with E-state index >= 15 is 0 Å². The first-order valence-electron chi connectivity index (χ1n) is 3.99. The summed E-state index contributed by atoms with van der Waals surface area (Å²) in [5.74, 6) is 0. The summed E-state index contributed by atoms with van der Waals surface area (Å²) in [4.78, 5) is 10.1. The van der Waals surface area contributed by atoms with Gasteiger partial charge in [-0.3, -0.25) is 0 Å². The Morgan fingerprint density at radius 1 is 1.75 bits per heavy atom. The Balaban J connectivity index is 2.31. The Morgan fingerprint density at radius 2 is 2.50 bits per heavy atom.